The first kappa shape index (κ1) is 7.80. The van der Waals surface area contributed by atoms with Crippen LogP contribution in [0.15, 0.2) is 4.42 Å². The summed E-state index contributed by atoms with van der Waals surface area (Å²) in [6.45, 7) is 1.85. The summed E-state index contributed by atoms with van der Waals surface area (Å²) in [6, 6.07) is 0. The van der Waals surface area contributed by atoms with Crippen molar-refractivity contribution >= 4 is 0 Å². The summed E-state index contributed by atoms with van der Waals surface area (Å²) in [7, 11) is 0. The van der Waals surface area contributed by atoms with Crippen molar-refractivity contribution in [3.8, 4) is 0 Å². The van der Waals surface area contributed by atoms with Crippen LogP contribution in [0.3, 0.4) is 0 Å². The third-order valence-corrected chi connectivity index (χ3v) is 2.49. The van der Waals surface area contributed by atoms with E-state index in [-0.39, 0.29) is 6.61 Å². The molecule has 0 saturated heterocycles. The maximum Gasteiger partial charge on any atom is 0.220 e. The number of rotatable bonds is 2. The largest absolute Gasteiger partial charge is 0.443 e. The molecule has 1 heterocycles. The van der Waals surface area contributed by atoms with Gasteiger partial charge in [0.2, 0.25) is 5.89 Å². The van der Waals surface area contributed by atoms with E-state index in [0.29, 0.717) is 11.8 Å². The fourth-order valence-electron chi connectivity index (χ4n) is 1.58. The fourth-order valence-corrected chi connectivity index (χ4v) is 1.58. The Labute approximate surface area is 71.4 Å². The molecule has 3 nitrogen and oxygen atoms in total. The van der Waals surface area contributed by atoms with Gasteiger partial charge in [-0.2, -0.15) is 0 Å². The van der Waals surface area contributed by atoms with Gasteiger partial charge in [-0.1, -0.05) is 6.42 Å². The first-order chi connectivity index (χ1) is 5.81. The molecule has 0 atom stereocenters. The first-order valence-corrected chi connectivity index (χ1v) is 4.38. The summed E-state index contributed by atoms with van der Waals surface area (Å²) >= 11 is 0. The molecular formula is C9H13NO2. The van der Waals surface area contributed by atoms with Gasteiger partial charge in [0.15, 0.2) is 0 Å². The molecule has 3 heteroatoms. The number of aromatic nitrogens is 1. The second-order valence-corrected chi connectivity index (χ2v) is 3.34. The fraction of sp³-hybridized carbons (Fsp3) is 0.667. The smallest absolute Gasteiger partial charge is 0.220 e. The molecule has 2 rings (SSSR count). The summed E-state index contributed by atoms with van der Waals surface area (Å²) in [5.74, 6) is 2.01. The van der Waals surface area contributed by atoms with Gasteiger partial charge < -0.3 is 9.52 Å². The van der Waals surface area contributed by atoms with Gasteiger partial charge in [-0.05, 0) is 19.8 Å². The van der Waals surface area contributed by atoms with Crippen LogP contribution in [0.4, 0.5) is 0 Å². The molecular weight excluding hydrogens is 154 g/mol. The molecule has 1 aliphatic carbocycles. The van der Waals surface area contributed by atoms with Crippen LogP contribution in [0.2, 0.25) is 0 Å². The lowest BCUT2D eigenvalue weighted by molar-refractivity contribution is 0.228. The van der Waals surface area contributed by atoms with Crippen LogP contribution in [0.5, 0.6) is 0 Å². The second-order valence-electron chi connectivity index (χ2n) is 3.34. The molecule has 1 fully saturated rings. The zero-order valence-electron chi connectivity index (χ0n) is 7.21. The molecule has 1 aromatic rings. The zero-order chi connectivity index (χ0) is 8.55. The standard InChI is InChI=1S/C9H13NO2/c1-6-9(7-3-2-4-7)12-8(5-11)10-6/h7,11H,2-5H2,1H3. The van der Waals surface area contributed by atoms with Gasteiger partial charge in [0.05, 0.1) is 5.69 Å². The van der Waals surface area contributed by atoms with Crippen molar-refractivity contribution in [1.29, 1.82) is 0 Å². The van der Waals surface area contributed by atoms with Crippen molar-refractivity contribution in [2.75, 3.05) is 0 Å². The number of hydrogen-bond donors (Lipinski definition) is 1. The lowest BCUT2D eigenvalue weighted by Crippen LogP contribution is -2.08. The second kappa shape index (κ2) is 2.90. The maximum absolute atomic E-state index is 8.79. The van der Waals surface area contributed by atoms with E-state index in [9.17, 15) is 0 Å². The molecule has 1 N–H and O–H groups in total. The number of aryl methyl sites for hydroxylation is 1. The average Bonchev–Trinajstić information content (AvgIpc) is 2.29. The van der Waals surface area contributed by atoms with Crippen LogP contribution >= 0.6 is 0 Å². The van der Waals surface area contributed by atoms with E-state index in [1.165, 1.54) is 19.3 Å². The maximum atomic E-state index is 8.79. The molecule has 0 radical (unpaired) electrons. The van der Waals surface area contributed by atoms with Crippen LogP contribution in [0.25, 0.3) is 0 Å². The molecule has 66 valence electrons. The molecule has 0 aliphatic heterocycles. The molecule has 0 bridgehead atoms. The normalized spacial score (nSPS) is 17.8. The third kappa shape index (κ3) is 1.14. The van der Waals surface area contributed by atoms with Gasteiger partial charge in [-0.15, -0.1) is 0 Å². The quantitative estimate of drug-likeness (QED) is 0.729. The van der Waals surface area contributed by atoms with Crippen LogP contribution < -0.4 is 0 Å². The number of aliphatic hydroxyl groups is 1. The highest BCUT2D eigenvalue weighted by Crippen LogP contribution is 2.38. The monoisotopic (exact) mass is 167 g/mol. The lowest BCUT2D eigenvalue weighted by atomic mass is 9.83. The summed E-state index contributed by atoms with van der Waals surface area (Å²) in [4.78, 5) is 4.12. The van der Waals surface area contributed by atoms with Gasteiger partial charge >= 0.3 is 0 Å². The summed E-state index contributed by atoms with van der Waals surface area (Å²) in [5, 5.41) is 8.79. The minimum absolute atomic E-state index is 0.0897. The van der Waals surface area contributed by atoms with E-state index < -0.39 is 0 Å². The van der Waals surface area contributed by atoms with Crippen molar-refractivity contribution in [2.24, 2.45) is 0 Å². The third-order valence-electron chi connectivity index (χ3n) is 2.49. The molecule has 1 aromatic heterocycles. The van der Waals surface area contributed by atoms with Crippen LogP contribution in [-0.2, 0) is 6.61 Å². The highest BCUT2D eigenvalue weighted by atomic mass is 16.4. The molecule has 12 heavy (non-hydrogen) atoms. The zero-order valence-corrected chi connectivity index (χ0v) is 7.21. The van der Waals surface area contributed by atoms with E-state index >= 15 is 0 Å². The topological polar surface area (TPSA) is 46.3 Å². The minimum Gasteiger partial charge on any atom is -0.443 e. The Bertz CT molecular complexity index is 276. The Morgan fingerprint density at radius 1 is 1.58 bits per heavy atom. The van der Waals surface area contributed by atoms with Crippen LogP contribution in [0.1, 0.15) is 42.5 Å². The predicted octanol–water partition coefficient (Wildman–Crippen LogP) is 1.74. The van der Waals surface area contributed by atoms with Crippen molar-refractivity contribution in [2.45, 2.75) is 38.7 Å². The molecule has 0 amide bonds. The van der Waals surface area contributed by atoms with Gasteiger partial charge in [0.1, 0.15) is 12.4 Å². The number of aliphatic hydroxyl groups excluding tert-OH is 1. The van der Waals surface area contributed by atoms with Gasteiger partial charge in [-0.3, -0.25) is 0 Å². The lowest BCUT2D eigenvalue weighted by Gasteiger charge is -2.23. The Morgan fingerprint density at radius 3 is 2.75 bits per heavy atom. The van der Waals surface area contributed by atoms with Gasteiger partial charge in [-0.25, -0.2) is 4.98 Å². The van der Waals surface area contributed by atoms with E-state index in [2.05, 4.69) is 4.98 Å². The minimum atomic E-state index is -0.0897. The van der Waals surface area contributed by atoms with E-state index in [1.807, 2.05) is 6.92 Å². The number of hydrogen-bond acceptors (Lipinski definition) is 3. The Kier molecular flexibility index (Phi) is 1.89. The van der Waals surface area contributed by atoms with Gasteiger partial charge in [0.25, 0.3) is 0 Å². The van der Waals surface area contributed by atoms with E-state index in [0.717, 1.165) is 11.5 Å². The van der Waals surface area contributed by atoms with E-state index in [4.69, 9.17) is 9.52 Å². The highest BCUT2D eigenvalue weighted by molar-refractivity contribution is 5.15. The van der Waals surface area contributed by atoms with Crippen molar-refractivity contribution < 1.29 is 9.52 Å². The highest BCUT2D eigenvalue weighted by Gasteiger charge is 2.25. The summed E-state index contributed by atoms with van der Waals surface area (Å²) < 4.78 is 5.41. The molecule has 1 saturated carbocycles. The first-order valence-electron chi connectivity index (χ1n) is 4.38. The average molecular weight is 167 g/mol. The molecule has 1 aliphatic rings. The van der Waals surface area contributed by atoms with Crippen molar-refractivity contribution in [3.63, 3.8) is 0 Å². The SMILES string of the molecule is Cc1nc(CO)oc1C1CCC1. The summed E-state index contributed by atoms with van der Waals surface area (Å²) in [5.41, 5.74) is 0.948. The van der Waals surface area contributed by atoms with Crippen LogP contribution in [0, 0.1) is 6.92 Å². The van der Waals surface area contributed by atoms with E-state index in [1.54, 1.807) is 0 Å². The molecule has 0 unspecified atom stereocenters. The van der Waals surface area contributed by atoms with Crippen molar-refractivity contribution in [1.82, 2.24) is 4.98 Å². The van der Waals surface area contributed by atoms with Crippen LogP contribution in [-0.4, -0.2) is 10.1 Å². The molecule has 0 spiro atoms. The number of oxazole rings is 1. The number of nitrogens with zero attached hydrogens (tertiary/aromatic N) is 1. The molecule has 0 aromatic carbocycles. The van der Waals surface area contributed by atoms with Crippen molar-refractivity contribution in [3.05, 3.63) is 17.3 Å². The Hall–Kier alpha value is -0.830. The Morgan fingerprint density at radius 2 is 2.33 bits per heavy atom. The summed E-state index contributed by atoms with van der Waals surface area (Å²) in [6.07, 6.45) is 3.71. The predicted molar refractivity (Wildman–Crippen MR) is 43.8 cm³/mol. The Balaban J connectivity index is 2.23. The van der Waals surface area contributed by atoms with Gasteiger partial charge in [0, 0.05) is 5.92 Å².